The average molecular weight is 357 g/mol. The van der Waals surface area contributed by atoms with Gasteiger partial charge in [0.2, 0.25) is 5.91 Å². The molecule has 0 heterocycles. The van der Waals surface area contributed by atoms with Gasteiger partial charge in [-0.25, -0.2) is 0 Å². The first-order valence-electron chi connectivity index (χ1n) is 8.36. The van der Waals surface area contributed by atoms with Crippen LogP contribution in [0.3, 0.4) is 0 Å². The molecule has 1 aliphatic carbocycles. The lowest BCUT2D eigenvalue weighted by Gasteiger charge is -2.25. The molecule has 1 amide bonds. The highest BCUT2D eigenvalue weighted by atomic mass is 19.4. The number of carboxylic acid groups (broad SMARTS) is 1. The molecular weight excluding hydrogens is 335 g/mol. The minimum Gasteiger partial charge on any atom is -0.481 e. The second-order valence-corrected chi connectivity index (χ2v) is 6.65. The Hall–Kier alpha value is -2.05. The van der Waals surface area contributed by atoms with Crippen molar-refractivity contribution in [2.45, 2.75) is 44.7 Å². The highest BCUT2D eigenvalue weighted by molar-refractivity contribution is 5.79. The lowest BCUT2D eigenvalue weighted by Crippen LogP contribution is -2.36. The summed E-state index contributed by atoms with van der Waals surface area (Å²) >= 11 is 0. The summed E-state index contributed by atoms with van der Waals surface area (Å²) in [6.07, 6.45) is -2.25. The number of carbonyl (C=O) groups is 2. The maximum absolute atomic E-state index is 12.6. The fourth-order valence-corrected chi connectivity index (χ4v) is 3.12. The zero-order valence-electron chi connectivity index (χ0n) is 14.0. The van der Waals surface area contributed by atoms with Gasteiger partial charge in [0, 0.05) is 12.5 Å². The van der Waals surface area contributed by atoms with E-state index in [4.69, 9.17) is 5.11 Å². The van der Waals surface area contributed by atoms with Crippen LogP contribution in [0.15, 0.2) is 24.3 Å². The molecule has 25 heavy (non-hydrogen) atoms. The minimum absolute atomic E-state index is 0.109. The first-order valence-corrected chi connectivity index (χ1v) is 8.36. The SMILES string of the molecule is CC(CNC(=O)C1CCC(C(=O)O)CC1)c1ccc(C(F)(F)F)cc1. The van der Waals surface area contributed by atoms with Crippen LogP contribution in [-0.2, 0) is 15.8 Å². The molecule has 0 radical (unpaired) electrons. The molecule has 2 N–H and O–H groups in total. The Balaban J connectivity index is 1.82. The Morgan fingerprint density at radius 2 is 1.64 bits per heavy atom. The van der Waals surface area contributed by atoms with Crippen LogP contribution in [-0.4, -0.2) is 23.5 Å². The number of rotatable bonds is 5. The summed E-state index contributed by atoms with van der Waals surface area (Å²) in [6.45, 7) is 2.17. The number of hydrogen-bond donors (Lipinski definition) is 2. The molecular formula is C18H22F3NO3. The van der Waals surface area contributed by atoms with Gasteiger partial charge in [0.15, 0.2) is 0 Å². The van der Waals surface area contributed by atoms with Gasteiger partial charge in [0.05, 0.1) is 11.5 Å². The molecule has 4 nitrogen and oxygen atoms in total. The summed E-state index contributed by atoms with van der Waals surface area (Å²) in [5.74, 6) is -1.58. The standard InChI is InChI=1S/C18H22F3NO3/c1-11(12-6-8-15(9-7-12)18(19,20)21)10-22-16(23)13-2-4-14(5-3-13)17(24)25/h6-9,11,13-14H,2-5,10H2,1H3,(H,22,23)(H,24,25). The van der Waals surface area contributed by atoms with E-state index in [-0.39, 0.29) is 23.7 Å². The molecule has 0 spiro atoms. The zero-order chi connectivity index (χ0) is 18.6. The molecule has 1 unspecified atom stereocenters. The van der Waals surface area contributed by atoms with Crippen molar-refractivity contribution in [2.24, 2.45) is 11.8 Å². The van der Waals surface area contributed by atoms with Crippen LogP contribution in [0.1, 0.15) is 49.7 Å². The van der Waals surface area contributed by atoms with Gasteiger partial charge in [0.1, 0.15) is 0 Å². The number of carbonyl (C=O) groups excluding carboxylic acids is 1. The number of hydrogen-bond acceptors (Lipinski definition) is 2. The number of alkyl halides is 3. The van der Waals surface area contributed by atoms with Gasteiger partial charge in [-0.2, -0.15) is 13.2 Å². The largest absolute Gasteiger partial charge is 0.481 e. The number of aliphatic carboxylic acids is 1. The molecule has 1 atom stereocenters. The summed E-state index contributed by atoms with van der Waals surface area (Å²) < 4.78 is 37.7. The van der Waals surface area contributed by atoms with Crippen LogP contribution in [0.5, 0.6) is 0 Å². The smallest absolute Gasteiger partial charge is 0.416 e. The average Bonchev–Trinajstić information content (AvgIpc) is 2.58. The number of halogens is 3. The van der Waals surface area contributed by atoms with Crippen LogP contribution in [0, 0.1) is 11.8 Å². The second kappa shape index (κ2) is 7.89. The van der Waals surface area contributed by atoms with E-state index in [9.17, 15) is 22.8 Å². The van der Waals surface area contributed by atoms with Gasteiger partial charge in [-0.3, -0.25) is 9.59 Å². The quantitative estimate of drug-likeness (QED) is 0.842. The second-order valence-electron chi connectivity index (χ2n) is 6.65. The monoisotopic (exact) mass is 357 g/mol. The van der Waals surface area contributed by atoms with Crippen molar-refractivity contribution in [3.8, 4) is 0 Å². The van der Waals surface area contributed by atoms with Gasteiger partial charge in [-0.15, -0.1) is 0 Å². The summed E-state index contributed by atoms with van der Waals surface area (Å²) in [5, 5.41) is 11.8. The molecule has 0 aromatic heterocycles. The Morgan fingerprint density at radius 1 is 1.12 bits per heavy atom. The number of benzene rings is 1. The molecule has 7 heteroatoms. The van der Waals surface area contributed by atoms with Crippen LogP contribution in [0.2, 0.25) is 0 Å². The lowest BCUT2D eigenvalue weighted by atomic mass is 9.81. The first-order chi connectivity index (χ1) is 11.7. The number of amides is 1. The first kappa shape index (κ1) is 19.3. The normalized spacial score (nSPS) is 22.2. The maximum atomic E-state index is 12.6. The molecule has 1 aliphatic rings. The van der Waals surface area contributed by atoms with Gasteiger partial charge < -0.3 is 10.4 Å². The van der Waals surface area contributed by atoms with Gasteiger partial charge in [-0.05, 0) is 49.3 Å². The Labute approximate surface area is 144 Å². The summed E-state index contributed by atoms with van der Waals surface area (Å²) in [4.78, 5) is 23.1. The van der Waals surface area contributed by atoms with Crippen LogP contribution in [0.25, 0.3) is 0 Å². The Kier molecular flexibility index (Phi) is 6.08. The van der Waals surface area contributed by atoms with E-state index in [0.717, 1.165) is 17.7 Å². The molecule has 1 aromatic rings. The number of carboxylic acids is 1. The fraction of sp³-hybridized carbons (Fsp3) is 0.556. The third kappa shape index (κ3) is 5.21. The maximum Gasteiger partial charge on any atom is 0.416 e. The van der Waals surface area contributed by atoms with Gasteiger partial charge >= 0.3 is 12.1 Å². The van der Waals surface area contributed by atoms with Crippen molar-refractivity contribution in [1.82, 2.24) is 5.32 Å². The molecule has 1 saturated carbocycles. The van der Waals surface area contributed by atoms with Crippen molar-refractivity contribution in [3.05, 3.63) is 35.4 Å². The molecule has 138 valence electrons. The van der Waals surface area contributed by atoms with E-state index in [2.05, 4.69) is 5.32 Å². The number of nitrogens with one attached hydrogen (secondary N) is 1. The minimum atomic E-state index is -4.36. The predicted molar refractivity (Wildman–Crippen MR) is 86.0 cm³/mol. The molecule has 1 aromatic carbocycles. The Morgan fingerprint density at radius 3 is 2.12 bits per heavy atom. The molecule has 0 aliphatic heterocycles. The highest BCUT2D eigenvalue weighted by Crippen LogP contribution is 2.31. The third-order valence-corrected chi connectivity index (χ3v) is 4.84. The van der Waals surface area contributed by atoms with E-state index >= 15 is 0 Å². The molecule has 0 saturated heterocycles. The summed E-state index contributed by atoms with van der Waals surface area (Å²) in [5.41, 5.74) is 0.0329. The summed E-state index contributed by atoms with van der Waals surface area (Å²) in [6, 6.07) is 4.94. The van der Waals surface area contributed by atoms with Gasteiger partial charge in [0.25, 0.3) is 0 Å². The topological polar surface area (TPSA) is 66.4 Å². The summed E-state index contributed by atoms with van der Waals surface area (Å²) in [7, 11) is 0. The molecule has 1 fully saturated rings. The molecule has 0 bridgehead atoms. The predicted octanol–water partition coefficient (Wildman–Crippen LogP) is 3.82. The van der Waals surface area contributed by atoms with Crippen LogP contribution < -0.4 is 5.32 Å². The highest BCUT2D eigenvalue weighted by Gasteiger charge is 2.31. The van der Waals surface area contributed by atoms with Gasteiger partial charge in [-0.1, -0.05) is 19.1 Å². The van der Waals surface area contributed by atoms with Crippen LogP contribution >= 0.6 is 0 Å². The van der Waals surface area contributed by atoms with E-state index < -0.39 is 17.7 Å². The van der Waals surface area contributed by atoms with Crippen molar-refractivity contribution in [3.63, 3.8) is 0 Å². The van der Waals surface area contributed by atoms with Crippen molar-refractivity contribution in [1.29, 1.82) is 0 Å². The van der Waals surface area contributed by atoms with Crippen molar-refractivity contribution in [2.75, 3.05) is 6.54 Å². The van der Waals surface area contributed by atoms with E-state index in [0.29, 0.717) is 32.2 Å². The lowest BCUT2D eigenvalue weighted by molar-refractivity contribution is -0.144. The van der Waals surface area contributed by atoms with E-state index in [1.54, 1.807) is 0 Å². The zero-order valence-corrected chi connectivity index (χ0v) is 14.0. The third-order valence-electron chi connectivity index (χ3n) is 4.84. The Bertz CT molecular complexity index is 605. The van der Waals surface area contributed by atoms with Crippen molar-refractivity contribution >= 4 is 11.9 Å². The van der Waals surface area contributed by atoms with Crippen molar-refractivity contribution < 1.29 is 27.9 Å². The molecule has 2 rings (SSSR count). The van der Waals surface area contributed by atoms with Crippen LogP contribution in [0.4, 0.5) is 13.2 Å². The van der Waals surface area contributed by atoms with E-state index in [1.165, 1.54) is 12.1 Å². The fourth-order valence-electron chi connectivity index (χ4n) is 3.12. The van der Waals surface area contributed by atoms with E-state index in [1.807, 2.05) is 6.92 Å².